The molecule has 1 atom stereocenters. The molecule has 1 aromatic heterocycles. The van der Waals surface area contributed by atoms with Crippen LogP contribution in [0.15, 0.2) is 22.0 Å². The normalized spacial score (nSPS) is 12.8. The Hall–Kier alpha value is -1.36. The van der Waals surface area contributed by atoms with Gasteiger partial charge in [0.2, 0.25) is 0 Å². The highest BCUT2D eigenvalue weighted by Gasteiger charge is 2.03. The summed E-state index contributed by atoms with van der Waals surface area (Å²) in [5.74, 6) is 0. The lowest BCUT2D eigenvalue weighted by Crippen LogP contribution is -2.40. The standard InChI is InChI=1S/C8H12N2O3/c1-6(11)5-10-4-3-9(2)7(12)8(10)13/h3-4,6,11H,5H2,1-2H3/t6-/m0/s1. The van der Waals surface area contributed by atoms with E-state index in [0.717, 1.165) is 0 Å². The highest BCUT2D eigenvalue weighted by molar-refractivity contribution is 4.84. The second-order valence-corrected chi connectivity index (χ2v) is 3.02. The van der Waals surface area contributed by atoms with Crippen molar-refractivity contribution >= 4 is 0 Å². The average molecular weight is 184 g/mol. The van der Waals surface area contributed by atoms with Crippen LogP contribution in [0, 0.1) is 0 Å². The molecule has 0 aliphatic rings. The maximum absolute atomic E-state index is 11.2. The van der Waals surface area contributed by atoms with Gasteiger partial charge in [-0.05, 0) is 6.92 Å². The zero-order valence-electron chi connectivity index (χ0n) is 7.60. The van der Waals surface area contributed by atoms with Gasteiger partial charge in [-0.25, -0.2) is 0 Å². The van der Waals surface area contributed by atoms with Crippen LogP contribution in [0.4, 0.5) is 0 Å². The lowest BCUT2D eigenvalue weighted by molar-refractivity contribution is 0.171. The summed E-state index contributed by atoms with van der Waals surface area (Å²) >= 11 is 0. The van der Waals surface area contributed by atoms with Gasteiger partial charge in [0, 0.05) is 19.4 Å². The molecule has 1 rings (SSSR count). The van der Waals surface area contributed by atoms with E-state index in [4.69, 9.17) is 5.11 Å². The number of aliphatic hydroxyl groups is 1. The number of rotatable bonds is 2. The minimum Gasteiger partial charge on any atom is -0.392 e. The smallest absolute Gasteiger partial charge is 0.316 e. The van der Waals surface area contributed by atoms with E-state index in [1.165, 1.54) is 28.6 Å². The van der Waals surface area contributed by atoms with Crippen LogP contribution in [-0.2, 0) is 13.6 Å². The molecule has 5 heteroatoms. The first-order chi connectivity index (χ1) is 6.02. The number of aryl methyl sites for hydroxylation is 1. The summed E-state index contributed by atoms with van der Waals surface area (Å²) in [5, 5.41) is 9.02. The fourth-order valence-corrected chi connectivity index (χ4v) is 1.02. The van der Waals surface area contributed by atoms with Crippen molar-refractivity contribution in [3.8, 4) is 0 Å². The van der Waals surface area contributed by atoms with Crippen LogP contribution in [0.2, 0.25) is 0 Å². The molecule has 0 unspecified atom stereocenters. The summed E-state index contributed by atoms with van der Waals surface area (Å²) in [4.78, 5) is 22.4. The van der Waals surface area contributed by atoms with Crippen LogP contribution in [0.3, 0.4) is 0 Å². The van der Waals surface area contributed by atoms with E-state index in [2.05, 4.69) is 0 Å². The van der Waals surface area contributed by atoms with Crippen LogP contribution in [0.5, 0.6) is 0 Å². The maximum Gasteiger partial charge on any atom is 0.316 e. The fraction of sp³-hybridized carbons (Fsp3) is 0.500. The van der Waals surface area contributed by atoms with Crippen molar-refractivity contribution in [1.82, 2.24) is 9.13 Å². The molecule has 0 amide bonds. The Morgan fingerprint density at radius 2 is 2.00 bits per heavy atom. The van der Waals surface area contributed by atoms with Gasteiger partial charge in [0.1, 0.15) is 0 Å². The predicted molar refractivity (Wildman–Crippen MR) is 47.6 cm³/mol. The first-order valence-electron chi connectivity index (χ1n) is 3.96. The summed E-state index contributed by atoms with van der Waals surface area (Å²) in [6.07, 6.45) is 2.34. The molecule has 0 saturated heterocycles. The molecule has 13 heavy (non-hydrogen) atoms. The van der Waals surface area contributed by atoms with Gasteiger partial charge < -0.3 is 14.2 Å². The van der Waals surface area contributed by atoms with Gasteiger partial charge in [-0.15, -0.1) is 0 Å². The summed E-state index contributed by atoms with van der Waals surface area (Å²) < 4.78 is 2.41. The molecule has 1 aromatic rings. The fourth-order valence-electron chi connectivity index (χ4n) is 1.02. The summed E-state index contributed by atoms with van der Waals surface area (Å²) in [7, 11) is 1.51. The molecular formula is C8H12N2O3. The van der Waals surface area contributed by atoms with Crippen LogP contribution in [-0.4, -0.2) is 20.3 Å². The molecule has 0 aromatic carbocycles. The third kappa shape index (κ3) is 2.06. The van der Waals surface area contributed by atoms with E-state index in [9.17, 15) is 9.59 Å². The molecule has 0 aliphatic heterocycles. The van der Waals surface area contributed by atoms with Gasteiger partial charge in [-0.3, -0.25) is 9.59 Å². The zero-order valence-corrected chi connectivity index (χ0v) is 7.60. The zero-order chi connectivity index (χ0) is 10.0. The molecule has 1 heterocycles. The maximum atomic E-state index is 11.2. The van der Waals surface area contributed by atoms with Gasteiger partial charge in [0.25, 0.3) is 0 Å². The number of nitrogens with zero attached hydrogens (tertiary/aromatic N) is 2. The van der Waals surface area contributed by atoms with Gasteiger partial charge in [-0.2, -0.15) is 0 Å². The Balaban J connectivity index is 3.20. The molecule has 0 bridgehead atoms. The SMILES string of the molecule is C[C@H](O)Cn1ccn(C)c(=O)c1=O. The van der Waals surface area contributed by atoms with Crippen LogP contribution in [0.1, 0.15) is 6.92 Å². The van der Waals surface area contributed by atoms with Gasteiger partial charge in [-0.1, -0.05) is 0 Å². The van der Waals surface area contributed by atoms with Gasteiger partial charge in [0.15, 0.2) is 0 Å². The Morgan fingerprint density at radius 3 is 2.54 bits per heavy atom. The first kappa shape index (κ1) is 9.73. The number of hydrogen-bond donors (Lipinski definition) is 1. The number of hydrogen-bond acceptors (Lipinski definition) is 3. The molecule has 0 aliphatic carbocycles. The van der Waals surface area contributed by atoms with Crippen molar-refractivity contribution < 1.29 is 5.11 Å². The topological polar surface area (TPSA) is 64.2 Å². The number of aromatic nitrogens is 2. The predicted octanol–water partition coefficient (Wildman–Crippen LogP) is -1.07. The lowest BCUT2D eigenvalue weighted by atomic mass is 10.4. The monoisotopic (exact) mass is 184 g/mol. The van der Waals surface area contributed by atoms with Crippen LogP contribution >= 0.6 is 0 Å². The molecule has 0 fully saturated rings. The van der Waals surface area contributed by atoms with Crippen LogP contribution in [0.25, 0.3) is 0 Å². The highest BCUT2D eigenvalue weighted by Crippen LogP contribution is 1.84. The van der Waals surface area contributed by atoms with Crippen molar-refractivity contribution in [1.29, 1.82) is 0 Å². The Labute approximate surface area is 74.9 Å². The average Bonchev–Trinajstić information content (AvgIpc) is 2.06. The van der Waals surface area contributed by atoms with E-state index in [1.807, 2.05) is 0 Å². The molecule has 0 saturated carbocycles. The van der Waals surface area contributed by atoms with E-state index in [0.29, 0.717) is 0 Å². The Kier molecular flexibility index (Phi) is 2.67. The largest absolute Gasteiger partial charge is 0.392 e. The summed E-state index contributed by atoms with van der Waals surface area (Å²) in [6, 6.07) is 0. The summed E-state index contributed by atoms with van der Waals surface area (Å²) in [6.45, 7) is 1.71. The van der Waals surface area contributed by atoms with Crippen molar-refractivity contribution in [3.05, 3.63) is 33.1 Å². The van der Waals surface area contributed by atoms with Gasteiger partial charge in [0.05, 0.1) is 12.6 Å². The van der Waals surface area contributed by atoms with E-state index >= 15 is 0 Å². The van der Waals surface area contributed by atoms with Crippen molar-refractivity contribution in [3.63, 3.8) is 0 Å². The van der Waals surface area contributed by atoms with E-state index in [1.54, 1.807) is 6.92 Å². The summed E-state index contributed by atoms with van der Waals surface area (Å²) in [5.41, 5.74) is -1.19. The molecule has 0 radical (unpaired) electrons. The molecular weight excluding hydrogens is 172 g/mol. The first-order valence-corrected chi connectivity index (χ1v) is 3.96. The minimum absolute atomic E-state index is 0.148. The highest BCUT2D eigenvalue weighted by atomic mass is 16.3. The van der Waals surface area contributed by atoms with Crippen molar-refractivity contribution in [2.24, 2.45) is 7.05 Å². The van der Waals surface area contributed by atoms with Crippen molar-refractivity contribution in [2.75, 3.05) is 0 Å². The third-order valence-electron chi connectivity index (χ3n) is 1.70. The minimum atomic E-state index is -0.634. The van der Waals surface area contributed by atoms with E-state index in [-0.39, 0.29) is 6.54 Å². The van der Waals surface area contributed by atoms with E-state index < -0.39 is 17.2 Å². The molecule has 72 valence electrons. The van der Waals surface area contributed by atoms with Gasteiger partial charge >= 0.3 is 11.1 Å². The molecule has 1 N–H and O–H groups in total. The Morgan fingerprint density at radius 1 is 1.38 bits per heavy atom. The second kappa shape index (κ2) is 3.57. The lowest BCUT2D eigenvalue weighted by Gasteiger charge is -2.07. The molecule has 5 nitrogen and oxygen atoms in total. The Bertz CT molecular complexity index is 403. The number of aliphatic hydroxyl groups excluding tert-OH is 1. The molecule has 0 spiro atoms. The van der Waals surface area contributed by atoms with Crippen LogP contribution < -0.4 is 11.1 Å². The quantitative estimate of drug-likeness (QED) is 0.595. The van der Waals surface area contributed by atoms with Crippen molar-refractivity contribution in [2.45, 2.75) is 19.6 Å². The third-order valence-corrected chi connectivity index (χ3v) is 1.70. The second-order valence-electron chi connectivity index (χ2n) is 3.02.